The van der Waals surface area contributed by atoms with E-state index in [0.717, 1.165) is 19.4 Å². The predicted octanol–water partition coefficient (Wildman–Crippen LogP) is 0.134. The zero-order valence-corrected chi connectivity index (χ0v) is 8.02. The van der Waals surface area contributed by atoms with Crippen molar-refractivity contribution in [2.75, 3.05) is 6.54 Å². The maximum atomic E-state index is 11.7. The van der Waals surface area contributed by atoms with Crippen LogP contribution in [0, 0.1) is 5.92 Å². The number of nitrogens with zero attached hydrogens (tertiary/aromatic N) is 2. The van der Waals surface area contributed by atoms with Crippen LogP contribution in [0.4, 0.5) is 0 Å². The first-order valence-electron chi connectivity index (χ1n) is 4.96. The van der Waals surface area contributed by atoms with Crippen molar-refractivity contribution in [3.05, 3.63) is 0 Å². The fourth-order valence-corrected chi connectivity index (χ4v) is 2.52. The van der Waals surface area contributed by atoms with Crippen molar-refractivity contribution in [1.29, 1.82) is 0 Å². The minimum absolute atomic E-state index is 0.00206. The van der Waals surface area contributed by atoms with Crippen LogP contribution < -0.4 is 5.73 Å². The Morgan fingerprint density at radius 3 is 2.86 bits per heavy atom. The van der Waals surface area contributed by atoms with E-state index in [1.807, 2.05) is 4.90 Å². The standard InChI is InChI=1S/C9H15N3O2/c10-8(11-14)4-9(13)12-5-6-1-2-7(12)3-6/h6-7,14H,1-5H2,(H2,10,11)/t6-,7+/m1/s1. The molecule has 0 aromatic heterocycles. The molecule has 1 amide bonds. The van der Waals surface area contributed by atoms with Gasteiger partial charge in [-0.3, -0.25) is 4.79 Å². The Kier molecular flexibility index (Phi) is 2.31. The smallest absolute Gasteiger partial charge is 0.230 e. The summed E-state index contributed by atoms with van der Waals surface area (Å²) in [6.45, 7) is 0.863. The second-order valence-electron chi connectivity index (χ2n) is 4.15. The Morgan fingerprint density at radius 2 is 2.36 bits per heavy atom. The number of rotatable bonds is 2. The van der Waals surface area contributed by atoms with Crippen LogP contribution in [0.1, 0.15) is 25.7 Å². The monoisotopic (exact) mass is 197 g/mol. The van der Waals surface area contributed by atoms with E-state index in [2.05, 4.69) is 5.16 Å². The zero-order valence-electron chi connectivity index (χ0n) is 8.02. The van der Waals surface area contributed by atoms with Crippen molar-refractivity contribution in [2.24, 2.45) is 16.8 Å². The van der Waals surface area contributed by atoms with E-state index in [4.69, 9.17) is 10.9 Å². The molecule has 0 unspecified atom stereocenters. The second kappa shape index (κ2) is 3.48. The normalized spacial score (nSPS) is 31.1. The van der Waals surface area contributed by atoms with Gasteiger partial charge in [-0.25, -0.2) is 0 Å². The Bertz CT molecular complexity index is 277. The third kappa shape index (κ3) is 1.54. The van der Waals surface area contributed by atoms with Crippen LogP contribution in [0.3, 0.4) is 0 Å². The lowest BCUT2D eigenvalue weighted by Gasteiger charge is -2.26. The quantitative estimate of drug-likeness (QED) is 0.286. The molecule has 2 fully saturated rings. The van der Waals surface area contributed by atoms with Crippen molar-refractivity contribution in [1.82, 2.24) is 4.90 Å². The highest BCUT2D eigenvalue weighted by atomic mass is 16.4. The molecule has 0 aromatic carbocycles. The van der Waals surface area contributed by atoms with Crippen LogP contribution in [0.5, 0.6) is 0 Å². The minimum Gasteiger partial charge on any atom is -0.409 e. The number of oxime groups is 1. The summed E-state index contributed by atoms with van der Waals surface area (Å²) >= 11 is 0. The summed E-state index contributed by atoms with van der Waals surface area (Å²) < 4.78 is 0. The fraction of sp³-hybridized carbons (Fsp3) is 0.778. The molecule has 2 bridgehead atoms. The van der Waals surface area contributed by atoms with Gasteiger partial charge in [0.25, 0.3) is 0 Å². The Balaban J connectivity index is 1.93. The van der Waals surface area contributed by atoms with Crippen LogP contribution in [-0.2, 0) is 4.79 Å². The van der Waals surface area contributed by atoms with Gasteiger partial charge < -0.3 is 15.8 Å². The summed E-state index contributed by atoms with van der Waals surface area (Å²) in [7, 11) is 0. The molecule has 1 saturated heterocycles. The van der Waals surface area contributed by atoms with Crippen LogP contribution in [-0.4, -0.2) is 34.4 Å². The highest BCUT2D eigenvalue weighted by Crippen LogP contribution is 2.37. The summed E-state index contributed by atoms with van der Waals surface area (Å²) in [5, 5.41) is 11.2. The second-order valence-corrected chi connectivity index (χ2v) is 4.15. The third-order valence-electron chi connectivity index (χ3n) is 3.19. The van der Waals surface area contributed by atoms with E-state index in [1.165, 1.54) is 6.42 Å². The van der Waals surface area contributed by atoms with Gasteiger partial charge in [-0.1, -0.05) is 5.16 Å². The lowest BCUT2D eigenvalue weighted by Crippen LogP contribution is -2.39. The third-order valence-corrected chi connectivity index (χ3v) is 3.19. The lowest BCUT2D eigenvalue weighted by molar-refractivity contribution is -0.131. The molecule has 1 heterocycles. The first kappa shape index (κ1) is 9.30. The lowest BCUT2D eigenvalue weighted by atomic mass is 10.1. The summed E-state index contributed by atoms with van der Waals surface area (Å²) in [6, 6.07) is 0.416. The molecule has 0 aromatic rings. The van der Waals surface area contributed by atoms with E-state index >= 15 is 0 Å². The van der Waals surface area contributed by atoms with Gasteiger partial charge in [-0.15, -0.1) is 0 Å². The van der Waals surface area contributed by atoms with Gasteiger partial charge >= 0.3 is 0 Å². The first-order chi connectivity index (χ1) is 6.70. The van der Waals surface area contributed by atoms with Gasteiger partial charge in [0.1, 0.15) is 5.84 Å². The topological polar surface area (TPSA) is 78.9 Å². The molecular weight excluding hydrogens is 182 g/mol. The average molecular weight is 197 g/mol. The molecule has 2 rings (SSSR count). The molecule has 1 aliphatic carbocycles. The van der Waals surface area contributed by atoms with Crippen LogP contribution in [0.25, 0.3) is 0 Å². The van der Waals surface area contributed by atoms with E-state index in [1.54, 1.807) is 0 Å². The molecule has 2 atom stereocenters. The molecule has 1 aliphatic heterocycles. The first-order valence-corrected chi connectivity index (χ1v) is 4.96. The number of amides is 1. The fourth-order valence-electron chi connectivity index (χ4n) is 2.52. The maximum absolute atomic E-state index is 11.7. The summed E-state index contributed by atoms with van der Waals surface area (Å²) in [4.78, 5) is 13.5. The molecule has 3 N–H and O–H groups in total. The molecule has 5 nitrogen and oxygen atoms in total. The Labute approximate surface area is 82.6 Å². The number of hydrogen-bond acceptors (Lipinski definition) is 3. The van der Waals surface area contributed by atoms with Crippen molar-refractivity contribution >= 4 is 11.7 Å². The summed E-state index contributed by atoms with van der Waals surface area (Å²) in [6.07, 6.45) is 3.55. The van der Waals surface area contributed by atoms with E-state index in [-0.39, 0.29) is 18.2 Å². The Morgan fingerprint density at radius 1 is 1.57 bits per heavy atom. The highest BCUT2D eigenvalue weighted by Gasteiger charge is 2.40. The van der Waals surface area contributed by atoms with E-state index in [9.17, 15) is 4.79 Å². The molecule has 14 heavy (non-hydrogen) atoms. The zero-order chi connectivity index (χ0) is 10.1. The highest BCUT2D eigenvalue weighted by molar-refractivity contribution is 5.98. The SMILES string of the molecule is N/C(CC(=O)N1C[C@@H]2CC[C@H]1C2)=N\O. The summed E-state index contributed by atoms with van der Waals surface area (Å²) in [5.41, 5.74) is 5.29. The van der Waals surface area contributed by atoms with Crippen LogP contribution in [0.2, 0.25) is 0 Å². The molecule has 0 spiro atoms. The number of carbonyl (C=O) groups is 1. The molecule has 0 radical (unpaired) electrons. The number of hydrogen-bond donors (Lipinski definition) is 2. The van der Waals surface area contributed by atoms with Gasteiger partial charge in [-0.2, -0.15) is 0 Å². The minimum atomic E-state index is -0.00694. The van der Waals surface area contributed by atoms with Gasteiger partial charge in [0.05, 0.1) is 6.42 Å². The number of nitrogens with two attached hydrogens (primary N) is 1. The largest absolute Gasteiger partial charge is 0.409 e. The van der Waals surface area contributed by atoms with Crippen molar-refractivity contribution < 1.29 is 10.0 Å². The molecular formula is C9H15N3O2. The molecule has 5 heteroatoms. The number of amidine groups is 1. The van der Waals surface area contributed by atoms with Gasteiger partial charge in [-0.05, 0) is 25.2 Å². The van der Waals surface area contributed by atoms with Crippen molar-refractivity contribution in [3.63, 3.8) is 0 Å². The predicted molar refractivity (Wildman–Crippen MR) is 50.9 cm³/mol. The molecule has 2 aliphatic rings. The molecule has 78 valence electrons. The number of likely N-dealkylation sites (tertiary alicyclic amines) is 1. The van der Waals surface area contributed by atoms with Crippen molar-refractivity contribution in [2.45, 2.75) is 31.7 Å². The number of carbonyl (C=O) groups excluding carboxylic acids is 1. The maximum Gasteiger partial charge on any atom is 0.230 e. The van der Waals surface area contributed by atoms with E-state index in [0.29, 0.717) is 12.0 Å². The van der Waals surface area contributed by atoms with Crippen LogP contribution in [0.15, 0.2) is 5.16 Å². The van der Waals surface area contributed by atoms with Gasteiger partial charge in [0.2, 0.25) is 5.91 Å². The van der Waals surface area contributed by atoms with Crippen LogP contribution >= 0.6 is 0 Å². The van der Waals surface area contributed by atoms with Crippen molar-refractivity contribution in [3.8, 4) is 0 Å². The summed E-state index contributed by atoms with van der Waals surface area (Å²) in [5.74, 6) is 0.682. The van der Waals surface area contributed by atoms with E-state index < -0.39 is 0 Å². The number of fused-ring (bicyclic) bond motifs is 2. The number of piperidine rings is 1. The Hall–Kier alpha value is -1.26. The van der Waals surface area contributed by atoms with Gasteiger partial charge in [0.15, 0.2) is 0 Å². The molecule has 1 saturated carbocycles. The average Bonchev–Trinajstić information content (AvgIpc) is 2.78. The van der Waals surface area contributed by atoms with Gasteiger partial charge in [0, 0.05) is 12.6 Å².